The van der Waals surface area contributed by atoms with Crippen LogP contribution in [0.25, 0.3) is 11.1 Å². The van der Waals surface area contributed by atoms with Crippen molar-refractivity contribution in [3.63, 3.8) is 0 Å². The zero-order valence-electron chi connectivity index (χ0n) is 14.8. The summed E-state index contributed by atoms with van der Waals surface area (Å²) >= 11 is 0. The van der Waals surface area contributed by atoms with Crippen molar-refractivity contribution in [3.05, 3.63) is 59.7 Å². The fraction of sp³-hybridized carbons (Fsp3) is 0.381. The van der Waals surface area contributed by atoms with Crippen LogP contribution in [-0.2, 0) is 4.74 Å². The molecule has 0 spiro atoms. The number of aliphatic hydroxyl groups is 1. The van der Waals surface area contributed by atoms with Gasteiger partial charge in [-0.25, -0.2) is 4.79 Å². The van der Waals surface area contributed by atoms with Gasteiger partial charge in [0.15, 0.2) is 0 Å². The smallest absolute Gasteiger partial charge is 0.409 e. The van der Waals surface area contributed by atoms with Crippen molar-refractivity contribution < 1.29 is 14.6 Å². The van der Waals surface area contributed by atoms with Gasteiger partial charge in [0.1, 0.15) is 6.61 Å². The highest BCUT2D eigenvalue weighted by atomic mass is 16.6. The molecule has 1 atom stereocenters. The number of fused-ring (bicyclic) bond motifs is 3. The first kappa shape index (κ1) is 17.5. The summed E-state index contributed by atoms with van der Waals surface area (Å²) in [5.74, 6) is 0.0613. The maximum atomic E-state index is 12.4. The molecule has 0 radical (unpaired) electrons. The van der Waals surface area contributed by atoms with Crippen LogP contribution in [0, 0.1) is 0 Å². The van der Waals surface area contributed by atoms with Gasteiger partial charge < -0.3 is 14.7 Å². The largest absolute Gasteiger partial charge is 0.448 e. The Kier molecular flexibility index (Phi) is 5.39. The van der Waals surface area contributed by atoms with Crippen molar-refractivity contribution in [2.24, 2.45) is 0 Å². The normalized spacial score (nSPS) is 13.9. The summed E-state index contributed by atoms with van der Waals surface area (Å²) in [6.07, 6.45) is -0.259. The number of hydrogen-bond acceptors (Lipinski definition) is 3. The first-order valence-electron chi connectivity index (χ1n) is 8.93. The lowest BCUT2D eigenvalue weighted by atomic mass is 9.98. The lowest BCUT2D eigenvalue weighted by molar-refractivity contribution is 0.0723. The number of nitrogens with zero attached hydrogens (tertiary/aromatic N) is 1. The van der Waals surface area contributed by atoms with Crippen LogP contribution in [0.1, 0.15) is 37.3 Å². The SMILES string of the molecule is CCC(O)CN(CC)C(=O)OCC1c2ccccc2-c2ccccc21. The Morgan fingerprint density at radius 1 is 1.08 bits per heavy atom. The van der Waals surface area contributed by atoms with Crippen molar-refractivity contribution >= 4 is 6.09 Å². The molecule has 0 aliphatic heterocycles. The van der Waals surface area contributed by atoms with Crippen molar-refractivity contribution in [1.82, 2.24) is 4.90 Å². The lowest BCUT2D eigenvalue weighted by Gasteiger charge is -2.24. The van der Waals surface area contributed by atoms with Gasteiger partial charge in [-0.3, -0.25) is 0 Å². The second kappa shape index (κ2) is 7.70. The van der Waals surface area contributed by atoms with Crippen LogP contribution in [0.2, 0.25) is 0 Å². The number of hydrogen-bond donors (Lipinski definition) is 1. The number of rotatable bonds is 6. The highest BCUT2D eigenvalue weighted by molar-refractivity contribution is 5.79. The van der Waals surface area contributed by atoms with Crippen LogP contribution in [0.4, 0.5) is 4.79 Å². The molecule has 1 unspecified atom stereocenters. The highest BCUT2D eigenvalue weighted by Crippen LogP contribution is 2.44. The van der Waals surface area contributed by atoms with E-state index in [4.69, 9.17) is 4.74 Å². The van der Waals surface area contributed by atoms with Crippen molar-refractivity contribution in [3.8, 4) is 11.1 Å². The van der Waals surface area contributed by atoms with E-state index >= 15 is 0 Å². The van der Waals surface area contributed by atoms with Gasteiger partial charge in [0.25, 0.3) is 0 Å². The molecule has 0 saturated heterocycles. The molecule has 1 N–H and O–H groups in total. The Morgan fingerprint density at radius 2 is 1.64 bits per heavy atom. The van der Waals surface area contributed by atoms with Crippen LogP contribution >= 0.6 is 0 Å². The second-order valence-corrected chi connectivity index (χ2v) is 6.40. The molecule has 0 aromatic heterocycles. The molecule has 132 valence electrons. The maximum Gasteiger partial charge on any atom is 0.409 e. The van der Waals surface area contributed by atoms with E-state index in [9.17, 15) is 9.90 Å². The molecule has 2 aromatic carbocycles. The van der Waals surface area contributed by atoms with Gasteiger partial charge >= 0.3 is 6.09 Å². The Balaban J connectivity index is 1.74. The number of carbonyl (C=O) groups excluding carboxylic acids is 1. The standard InChI is InChI=1S/C21H25NO3/c1-3-15(23)13-22(4-2)21(24)25-14-20-18-11-7-5-9-16(18)17-10-6-8-12-19(17)20/h5-12,15,20,23H,3-4,13-14H2,1-2H3. The zero-order valence-corrected chi connectivity index (χ0v) is 14.8. The molecule has 0 saturated carbocycles. The summed E-state index contributed by atoms with van der Waals surface area (Å²) in [5.41, 5.74) is 4.84. The average molecular weight is 339 g/mol. The first-order valence-corrected chi connectivity index (χ1v) is 8.93. The molecule has 1 aliphatic carbocycles. The fourth-order valence-electron chi connectivity index (χ4n) is 3.40. The van der Waals surface area contributed by atoms with Crippen molar-refractivity contribution in [2.45, 2.75) is 32.3 Å². The zero-order chi connectivity index (χ0) is 17.8. The molecule has 2 aromatic rings. The van der Waals surface area contributed by atoms with E-state index in [1.165, 1.54) is 22.3 Å². The highest BCUT2D eigenvalue weighted by Gasteiger charge is 2.29. The molecule has 3 rings (SSSR count). The van der Waals surface area contributed by atoms with Gasteiger partial charge in [-0.05, 0) is 35.6 Å². The summed E-state index contributed by atoms with van der Waals surface area (Å²) in [5, 5.41) is 9.80. The quantitative estimate of drug-likeness (QED) is 0.864. The predicted octanol–water partition coefficient (Wildman–Crippen LogP) is 4.03. The topological polar surface area (TPSA) is 49.8 Å². The number of amides is 1. The van der Waals surface area contributed by atoms with Crippen LogP contribution in [-0.4, -0.2) is 41.9 Å². The third-order valence-corrected chi connectivity index (χ3v) is 4.88. The van der Waals surface area contributed by atoms with Crippen LogP contribution in [0.15, 0.2) is 48.5 Å². The average Bonchev–Trinajstić information content (AvgIpc) is 2.98. The molecule has 25 heavy (non-hydrogen) atoms. The minimum absolute atomic E-state index is 0.0613. The molecular weight excluding hydrogens is 314 g/mol. The number of carbonyl (C=O) groups is 1. The number of likely N-dealkylation sites (N-methyl/N-ethyl adjacent to an activating group) is 1. The van der Waals surface area contributed by atoms with Gasteiger partial charge in [-0.15, -0.1) is 0 Å². The van der Waals surface area contributed by atoms with Gasteiger partial charge in [0.2, 0.25) is 0 Å². The molecule has 0 bridgehead atoms. The fourth-order valence-corrected chi connectivity index (χ4v) is 3.40. The van der Waals surface area contributed by atoms with Crippen molar-refractivity contribution in [1.29, 1.82) is 0 Å². The van der Waals surface area contributed by atoms with Gasteiger partial charge in [0.05, 0.1) is 6.10 Å². The minimum atomic E-state index is -0.513. The van der Waals surface area contributed by atoms with E-state index < -0.39 is 6.10 Å². The Morgan fingerprint density at radius 3 is 2.16 bits per heavy atom. The first-order chi connectivity index (χ1) is 12.2. The predicted molar refractivity (Wildman–Crippen MR) is 98.6 cm³/mol. The van der Waals surface area contributed by atoms with Crippen LogP contribution < -0.4 is 0 Å². The third-order valence-electron chi connectivity index (χ3n) is 4.88. The van der Waals surface area contributed by atoms with E-state index in [1.54, 1.807) is 4.90 Å². The summed E-state index contributed by atoms with van der Waals surface area (Å²) in [6.45, 7) is 4.93. The second-order valence-electron chi connectivity index (χ2n) is 6.40. The van der Waals surface area contributed by atoms with E-state index in [2.05, 4.69) is 24.3 Å². The molecule has 0 heterocycles. The van der Waals surface area contributed by atoms with Crippen molar-refractivity contribution in [2.75, 3.05) is 19.7 Å². The number of aliphatic hydroxyl groups excluding tert-OH is 1. The Bertz CT molecular complexity index is 698. The van der Waals surface area contributed by atoms with Gasteiger partial charge in [0, 0.05) is 19.0 Å². The van der Waals surface area contributed by atoms with E-state index in [-0.39, 0.29) is 12.0 Å². The maximum absolute atomic E-state index is 12.4. The van der Waals surface area contributed by atoms with Gasteiger partial charge in [-0.1, -0.05) is 55.5 Å². The van der Waals surface area contributed by atoms with E-state index in [1.807, 2.05) is 38.1 Å². The Labute approximate surface area is 149 Å². The minimum Gasteiger partial charge on any atom is -0.448 e. The molecule has 1 aliphatic rings. The summed E-state index contributed by atoms with van der Waals surface area (Å²) in [4.78, 5) is 14.0. The molecule has 4 heteroatoms. The summed E-state index contributed by atoms with van der Waals surface area (Å²) in [6, 6.07) is 16.6. The Hall–Kier alpha value is -2.33. The van der Waals surface area contributed by atoms with Crippen LogP contribution in [0.3, 0.4) is 0 Å². The number of benzene rings is 2. The van der Waals surface area contributed by atoms with E-state index in [0.29, 0.717) is 26.1 Å². The van der Waals surface area contributed by atoms with Gasteiger partial charge in [-0.2, -0.15) is 0 Å². The molecule has 4 nitrogen and oxygen atoms in total. The molecule has 0 fully saturated rings. The van der Waals surface area contributed by atoms with E-state index in [0.717, 1.165) is 0 Å². The summed E-state index contributed by atoms with van der Waals surface area (Å²) < 4.78 is 5.61. The molecule has 1 amide bonds. The lowest BCUT2D eigenvalue weighted by Crippen LogP contribution is -2.38. The third kappa shape index (κ3) is 3.54. The van der Waals surface area contributed by atoms with Crippen LogP contribution in [0.5, 0.6) is 0 Å². The summed E-state index contributed by atoms with van der Waals surface area (Å²) in [7, 11) is 0. The monoisotopic (exact) mass is 339 g/mol. The number of ether oxygens (including phenoxy) is 1. The molecular formula is C21H25NO3.